The first-order chi connectivity index (χ1) is 9.04. The zero-order valence-electron chi connectivity index (χ0n) is 12.6. The van der Waals surface area contributed by atoms with Crippen molar-refractivity contribution in [2.75, 3.05) is 39.9 Å². The van der Waals surface area contributed by atoms with E-state index < -0.39 is 0 Å². The summed E-state index contributed by atoms with van der Waals surface area (Å²) < 4.78 is 5.49. The second kappa shape index (κ2) is 6.20. The van der Waals surface area contributed by atoms with E-state index in [1.54, 1.807) is 0 Å². The van der Waals surface area contributed by atoms with Crippen LogP contribution in [0, 0.1) is 5.92 Å². The molecule has 2 rings (SSSR count). The van der Waals surface area contributed by atoms with Crippen molar-refractivity contribution in [1.82, 2.24) is 15.1 Å². The predicted molar refractivity (Wildman–Crippen MR) is 75.0 cm³/mol. The monoisotopic (exact) mass is 269 g/mol. The summed E-state index contributed by atoms with van der Waals surface area (Å²) in [6, 6.07) is 1.03. The SMILES string of the molecule is CCNC1COCC1C(=O)N1CC(C)N(C)C(C)C1. The van der Waals surface area contributed by atoms with Crippen molar-refractivity contribution in [3.05, 3.63) is 0 Å². The van der Waals surface area contributed by atoms with Crippen LogP contribution in [0.25, 0.3) is 0 Å². The molecule has 0 aromatic carbocycles. The van der Waals surface area contributed by atoms with Crippen LogP contribution in [0.3, 0.4) is 0 Å². The average Bonchev–Trinajstić information content (AvgIpc) is 2.83. The maximum Gasteiger partial charge on any atom is 0.229 e. The first-order valence-electron chi connectivity index (χ1n) is 7.36. The number of rotatable bonds is 3. The van der Waals surface area contributed by atoms with Gasteiger partial charge in [-0.15, -0.1) is 0 Å². The van der Waals surface area contributed by atoms with Crippen LogP contribution in [0.1, 0.15) is 20.8 Å². The second-order valence-electron chi connectivity index (χ2n) is 5.91. The summed E-state index contributed by atoms with van der Waals surface area (Å²) in [6.07, 6.45) is 0. The highest BCUT2D eigenvalue weighted by molar-refractivity contribution is 5.80. The third-order valence-corrected chi connectivity index (χ3v) is 4.54. The molecule has 2 fully saturated rings. The lowest BCUT2D eigenvalue weighted by Crippen LogP contribution is -2.58. The van der Waals surface area contributed by atoms with Crippen LogP contribution in [0.4, 0.5) is 0 Å². The van der Waals surface area contributed by atoms with Crippen molar-refractivity contribution < 1.29 is 9.53 Å². The van der Waals surface area contributed by atoms with Gasteiger partial charge < -0.3 is 15.0 Å². The number of carbonyl (C=O) groups excluding carboxylic acids is 1. The summed E-state index contributed by atoms with van der Waals surface area (Å²) in [5.74, 6) is 0.248. The molecule has 0 saturated carbocycles. The Morgan fingerprint density at radius 2 is 1.89 bits per heavy atom. The number of carbonyl (C=O) groups is 1. The fraction of sp³-hybridized carbons (Fsp3) is 0.929. The molecule has 0 radical (unpaired) electrons. The van der Waals surface area contributed by atoms with Crippen molar-refractivity contribution >= 4 is 5.91 Å². The van der Waals surface area contributed by atoms with Crippen LogP contribution in [0.5, 0.6) is 0 Å². The molecule has 1 amide bonds. The molecule has 4 atom stereocenters. The lowest BCUT2D eigenvalue weighted by Gasteiger charge is -2.43. The van der Waals surface area contributed by atoms with Crippen molar-refractivity contribution in [3.63, 3.8) is 0 Å². The fourth-order valence-electron chi connectivity index (χ4n) is 3.08. The van der Waals surface area contributed by atoms with Gasteiger partial charge in [0.15, 0.2) is 0 Å². The third-order valence-electron chi connectivity index (χ3n) is 4.54. The van der Waals surface area contributed by atoms with Crippen LogP contribution in [-0.4, -0.2) is 73.7 Å². The zero-order valence-corrected chi connectivity index (χ0v) is 12.6. The van der Waals surface area contributed by atoms with Crippen molar-refractivity contribution in [3.8, 4) is 0 Å². The van der Waals surface area contributed by atoms with E-state index >= 15 is 0 Å². The first-order valence-corrected chi connectivity index (χ1v) is 7.36. The first kappa shape index (κ1) is 14.8. The fourth-order valence-corrected chi connectivity index (χ4v) is 3.08. The molecule has 1 N–H and O–H groups in total. The van der Waals surface area contributed by atoms with Gasteiger partial charge in [0, 0.05) is 31.2 Å². The molecule has 0 aromatic heterocycles. The Morgan fingerprint density at radius 1 is 1.26 bits per heavy atom. The normalized spacial score (nSPS) is 36.7. The van der Waals surface area contributed by atoms with Gasteiger partial charge in [-0.2, -0.15) is 0 Å². The summed E-state index contributed by atoms with van der Waals surface area (Å²) in [5, 5.41) is 3.36. The van der Waals surface area contributed by atoms with Gasteiger partial charge in [-0.05, 0) is 27.4 Å². The van der Waals surface area contributed by atoms with Gasteiger partial charge in [-0.3, -0.25) is 9.69 Å². The summed E-state index contributed by atoms with van der Waals surface area (Å²) >= 11 is 0. The summed E-state index contributed by atoms with van der Waals surface area (Å²) in [4.78, 5) is 17.0. The molecule has 2 aliphatic heterocycles. The molecule has 110 valence electrons. The number of hydrogen-bond acceptors (Lipinski definition) is 4. The van der Waals surface area contributed by atoms with Crippen molar-refractivity contribution in [2.24, 2.45) is 5.92 Å². The third kappa shape index (κ3) is 3.09. The standard InChI is InChI=1S/C14H27N3O2/c1-5-15-13-9-19-8-12(13)14(18)17-6-10(2)16(4)11(3)7-17/h10-13,15H,5-9H2,1-4H3. The molecule has 5 heteroatoms. The van der Waals surface area contributed by atoms with Crippen LogP contribution >= 0.6 is 0 Å². The van der Waals surface area contributed by atoms with Crippen LogP contribution in [0.2, 0.25) is 0 Å². The van der Waals surface area contributed by atoms with Gasteiger partial charge in [0.25, 0.3) is 0 Å². The summed E-state index contributed by atoms with van der Waals surface area (Å²) in [5.41, 5.74) is 0. The smallest absolute Gasteiger partial charge is 0.229 e. The Balaban J connectivity index is 1.99. The highest BCUT2D eigenvalue weighted by Gasteiger charge is 2.38. The maximum absolute atomic E-state index is 12.7. The van der Waals surface area contributed by atoms with Crippen LogP contribution in [-0.2, 0) is 9.53 Å². The van der Waals surface area contributed by atoms with E-state index in [0.717, 1.165) is 19.6 Å². The van der Waals surface area contributed by atoms with Crippen molar-refractivity contribution in [2.45, 2.75) is 38.9 Å². The minimum Gasteiger partial charge on any atom is -0.379 e. The number of piperazine rings is 1. The Bertz CT molecular complexity index is 312. The maximum atomic E-state index is 12.7. The Kier molecular flexibility index (Phi) is 4.81. The molecule has 0 spiro atoms. The van der Waals surface area contributed by atoms with Gasteiger partial charge in [0.2, 0.25) is 5.91 Å². The molecule has 2 saturated heterocycles. The van der Waals surface area contributed by atoms with Gasteiger partial charge >= 0.3 is 0 Å². The van der Waals surface area contributed by atoms with E-state index in [9.17, 15) is 4.79 Å². The van der Waals surface area contributed by atoms with E-state index in [-0.39, 0.29) is 17.9 Å². The number of ether oxygens (including phenoxy) is 1. The Labute approximate surface area is 116 Å². The minimum atomic E-state index is -0.0113. The second-order valence-corrected chi connectivity index (χ2v) is 5.91. The minimum absolute atomic E-state index is 0.0113. The number of nitrogens with one attached hydrogen (secondary N) is 1. The lowest BCUT2D eigenvalue weighted by molar-refractivity contribution is -0.140. The van der Waals surface area contributed by atoms with E-state index in [2.05, 4.69) is 38.0 Å². The van der Waals surface area contributed by atoms with E-state index in [1.807, 2.05) is 4.90 Å². The molecule has 2 heterocycles. The molecule has 0 bridgehead atoms. The number of likely N-dealkylation sites (N-methyl/N-ethyl adjacent to an activating group) is 2. The Hall–Kier alpha value is -0.650. The summed E-state index contributed by atoms with van der Waals surface area (Å²) in [7, 11) is 2.14. The van der Waals surface area contributed by atoms with Crippen LogP contribution in [0.15, 0.2) is 0 Å². The summed E-state index contributed by atoms with van der Waals surface area (Å²) in [6.45, 7) is 10.2. The zero-order chi connectivity index (χ0) is 14.0. The molecular weight excluding hydrogens is 242 g/mol. The van der Waals surface area contributed by atoms with E-state index in [1.165, 1.54) is 0 Å². The highest BCUT2D eigenvalue weighted by Crippen LogP contribution is 2.20. The largest absolute Gasteiger partial charge is 0.379 e. The number of amides is 1. The van der Waals surface area contributed by atoms with Crippen LogP contribution < -0.4 is 5.32 Å². The lowest BCUT2D eigenvalue weighted by atomic mass is 9.99. The number of hydrogen-bond donors (Lipinski definition) is 1. The quantitative estimate of drug-likeness (QED) is 0.793. The molecule has 0 aromatic rings. The molecule has 0 aliphatic carbocycles. The Morgan fingerprint density at radius 3 is 2.47 bits per heavy atom. The van der Waals surface area contributed by atoms with Gasteiger partial charge in [-0.1, -0.05) is 6.92 Å². The highest BCUT2D eigenvalue weighted by atomic mass is 16.5. The molecule has 19 heavy (non-hydrogen) atoms. The average molecular weight is 269 g/mol. The van der Waals surface area contributed by atoms with Gasteiger partial charge in [-0.25, -0.2) is 0 Å². The topological polar surface area (TPSA) is 44.8 Å². The predicted octanol–water partition coefficient (Wildman–Crippen LogP) is 0.162. The van der Waals surface area contributed by atoms with Gasteiger partial charge in [0.1, 0.15) is 0 Å². The van der Waals surface area contributed by atoms with E-state index in [4.69, 9.17) is 4.74 Å². The van der Waals surface area contributed by atoms with Gasteiger partial charge in [0.05, 0.1) is 19.1 Å². The number of nitrogens with zero attached hydrogens (tertiary/aromatic N) is 2. The molecule has 4 unspecified atom stereocenters. The molecule has 2 aliphatic rings. The van der Waals surface area contributed by atoms with Crippen molar-refractivity contribution in [1.29, 1.82) is 0 Å². The molecular formula is C14H27N3O2. The molecule has 5 nitrogen and oxygen atoms in total. The van der Waals surface area contributed by atoms with E-state index in [0.29, 0.717) is 25.3 Å².